The van der Waals surface area contributed by atoms with E-state index in [1.807, 2.05) is 60.9 Å². The molecule has 306 valence electrons. The number of amides is 4. The number of fused-ring (bicyclic) bond motifs is 2. The number of phosphoric acid groups is 1. The molecule has 0 aliphatic rings. The van der Waals surface area contributed by atoms with Gasteiger partial charge in [-0.05, 0) is 91.5 Å². The largest absolute Gasteiger partial charge is 0.474 e. The van der Waals surface area contributed by atoms with Gasteiger partial charge in [0.2, 0.25) is 11.8 Å². The molecule has 0 spiro atoms. The molecular formula is C39H55N6O10P. The van der Waals surface area contributed by atoms with Crippen LogP contribution in [-0.2, 0) is 50.0 Å². The molecule has 0 fully saturated rings. The van der Waals surface area contributed by atoms with Crippen LogP contribution >= 0.6 is 7.82 Å². The Bertz CT molecular complexity index is 1880. The van der Waals surface area contributed by atoms with Crippen LogP contribution < -0.4 is 21.3 Å². The van der Waals surface area contributed by atoms with Gasteiger partial charge in [0.05, 0.1) is 25.3 Å². The molecule has 4 rings (SSSR count). The van der Waals surface area contributed by atoms with Gasteiger partial charge in [-0.3, -0.25) is 23.2 Å². The number of para-hydroxylation sites is 2. The summed E-state index contributed by atoms with van der Waals surface area (Å²) in [4.78, 5) is 57.9. The Morgan fingerprint density at radius 2 is 1.02 bits per heavy atom. The minimum atomic E-state index is -4.31. The first-order chi connectivity index (χ1) is 26.2. The van der Waals surface area contributed by atoms with E-state index in [-0.39, 0.29) is 26.1 Å². The minimum absolute atomic E-state index is 0.250. The highest BCUT2D eigenvalue weighted by molar-refractivity contribution is 7.48. The first kappa shape index (κ1) is 43.8. The highest BCUT2D eigenvalue weighted by atomic mass is 31.2. The van der Waals surface area contributed by atoms with Crippen molar-refractivity contribution in [2.45, 2.75) is 104 Å². The number of aromatic nitrogens is 2. The molecule has 0 unspecified atom stereocenters. The van der Waals surface area contributed by atoms with Crippen LogP contribution in [0.15, 0.2) is 60.9 Å². The van der Waals surface area contributed by atoms with Crippen LogP contribution in [0.25, 0.3) is 21.8 Å². The number of ether oxygens (including phenoxy) is 2. The third kappa shape index (κ3) is 13.4. The fourth-order valence-electron chi connectivity index (χ4n) is 5.69. The number of carbonyl (C=O) groups is 4. The van der Waals surface area contributed by atoms with Gasteiger partial charge in [-0.15, -0.1) is 0 Å². The number of alkyl carbamates (subject to hydrolysis) is 2. The smallest absolute Gasteiger partial charge is 0.444 e. The summed E-state index contributed by atoms with van der Waals surface area (Å²) in [7, 11) is -3.14. The Kier molecular flexibility index (Phi) is 14.7. The van der Waals surface area contributed by atoms with Gasteiger partial charge in [0.15, 0.2) is 0 Å². The van der Waals surface area contributed by atoms with E-state index in [2.05, 4.69) is 31.2 Å². The molecule has 4 amide bonds. The van der Waals surface area contributed by atoms with Gasteiger partial charge in [-0.25, -0.2) is 14.2 Å². The van der Waals surface area contributed by atoms with Crippen LogP contribution in [0, 0.1) is 0 Å². The summed E-state index contributed by atoms with van der Waals surface area (Å²) >= 11 is 0. The lowest BCUT2D eigenvalue weighted by atomic mass is 10.1. The highest BCUT2D eigenvalue weighted by Crippen LogP contribution is 2.49. The number of rotatable bonds is 17. The van der Waals surface area contributed by atoms with Crippen molar-refractivity contribution < 1.29 is 46.8 Å². The molecular weight excluding hydrogens is 743 g/mol. The van der Waals surface area contributed by atoms with Crippen molar-refractivity contribution in [1.29, 1.82) is 0 Å². The Morgan fingerprint density at radius 3 is 1.38 bits per heavy atom. The maximum absolute atomic E-state index is 14.0. The fraction of sp³-hybridized carbons (Fsp3) is 0.487. The Hall–Kier alpha value is -4.89. The molecule has 4 aromatic rings. The van der Waals surface area contributed by atoms with Crippen molar-refractivity contribution in [3.63, 3.8) is 0 Å². The molecule has 2 aromatic carbocycles. The average molecular weight is 799 g/mol. The van der Waals surface area contributed by atoms with Crippen LogP contribution in [-0.4, -0.2) is 89.7 Å². The molecule has 2 aromatic heterocycles. The van der Waals surface area contributed by atoms with Crippen LogP contribution in [0.1, 0.15) is 66.5 Å². The molecule has 2 heterocycles. The third-order valence-corrected chi connectivity index (χ3v) is 9.70. The standard InChI is InChI=1S/C39H55N6O10P/c1-24(42-36(48)54-38(3,4)5)34(46)44-28(18-26-20-40-32-16-12-10-14-30(26)32)22-52-56(50,51-9)53-23-29(19-27-21-41-33-17-13-11-15-31(27)33)45-35(47)25(2)43-37(49)55-39(6,7)8/h10-17,20-21,24-25,28-29,40-41H,18-19,22-23H2,1-9H3,(H,42,48)(H,43,49)(H,44,46)(H,45,47)/t24-,25-,28-,29-/m0/s1. The van der Waals surface area contributed by atoms with Crippen molar-refractivity contribution in [3.8, 4) is 0 Å². The van der Waals surface area contributed by atoms with Gasteiger partial charge < -0.3 is 40.7 Å². The predicted octanol–water partition coefficient (Wildman–Crippen LogP) is 6.02. The molecule has 17 heteroatoms. The Balaban J connectivity index is 1.49. The van der Waals surface area contributed by atoms with Gasteiger partial charge in [-0.2, -0.15) is 0 Å². The van der Waals surface area contributed by atoms with E-state index in [1.165, 1.54) is 21.0 Å². The maximum Gasteiger partial charge on any atom is 0.474 e. The molecule has 16 nitrogen and oxygen atoms in total. The maximum atomic E-state index is 14.0. The summed E-state index contributed by atoms with van der Waals surface area (Å²) in [5.41, 5.74) is 1.95. The minimum Gasteiger partial charge on any atom is -0.444 e. The van der Waals surface area contributed by atoms with Gasteiger partial charge >= 0.3 is 20.0 Å². The molecule has 4 atom stereocenters. The summed E-state index contributed by atoms with van der Waals surface area (Å²) in [6.07, 6.45) is 2.61. The summed E-state index contributed by atoms with van der Waals surface area (Å²) in [5.74, 6) is -1.07. The monoisotopic (exact) mass is 798 g/mol. The van der Waals surface area contributed by atoms with Gasteiger partial charge in [0, 0.05) is 41.3 Å². The molecule has 6 N–H and O–H groups in total. The summed E-state index contributed by atoms with van der Waals surface area (Å²) < 4.78 is 41.5. The number of carbonyl (C=O) groups excluding carboxylic acids is 4. The topological polar surface area (TPSA) is 211 Å². The molecule has 0 aliphatic carbocycles. The van der Waals surface area contributed by atoms with Crippen LogP contribution in [0.5, 0.6) is 0 Å². The van der Waals surface area contributed by atoms with E-state index in [9.17, 15) is 23.7 Å². The first-order valence-electron chi connectivity index (χ1n) is 18.4. The third-order valence-electron chi connectivity index (χ3n) is 8.32. The van der Waals surface area contributed by atoms with Crippen molar-refractivity contribution >= 4 is 53.6 Å². The molecule has 0 saturated carbocycles. The zero-order valence-corrected chi connectivity index (χ0v) is 34.3. The Morgan fingerprint density at radius 1 is 0.643 bits per heavy atom. The zero-order valence-electron chi connectivity index (χ0n) is 33.4. The van der Waals surface area contributed by atoms with Crippen LogP contribution in [0.3, 0.4) is 0 Å². The second-order valence-electron chi connectivity index (χ2n) is 15.5. The average Bonchev–Trinajstić information content (AvgIpc) is 3.71. The van der Waals surface area contributed by atoms with E-state index >= 15 is 0 Å². The fourth-order valence-corrected chi connectivity index (χ4v) is 6.70. The number of phosphoric ester groups is 1. The Labute approximate surface area is 327 Å². The molecule has 0 saturated heterocycles. The van der Waals surface area contributed by atoms with Crippen molar-refractivity contribution in [3.05, 3.63) is 72.1 Å². The molecule has 0 aliphatic heterocycles. The SMILES string of the molecule is COP(=O)(OC[C@H](Cc1c[nH]c2ccccc12)NC(=O)[C@H](C)NC(=O)OC(C)(C)C)OC[C@H](Cc1c[nH]c2ccccc12)NC(=O)[C@H](C)NC(=O)OC(C)(C)C. The molecule has 0 bridgehead atoms. The van der Waals surface area contributed by atoms with Gasteiger partial charge in [0.1, 0.15) is 23.3 Å². The summed E-state index contributed by atoms with van der Waals surface area (Å²) in [6.45, 7) is 12.7. The van der Waals surface area contributed by atoms with Gasteiger partial charge in [-0.1, -0.05) is 36.4 Å². The van der Waals surface area contributed by atoms with E-state index in [4.69, 9.17) is 23.0 Å². The summed E-state index contributed by atoms with van der Waals surface area (Å²) in [5, 5.41) is 12.7. The van der Waals surface area contributed by atoms with Gasteiger partial charge in [0.25, 0.3) is 0 Å². The normalized spacial score (nSPS) is 14.4. The van der Waals surface area contributed by atoms with Crippen molar-refractivity contribution in [1.82, 2.24) is 31.2 Å². The second-order valence-corrected chi connectivity index (χ2v) is 17.3. The molecule has 0 radical (unpaired) electrons. The quantitative estimate of drug-likeness (QED) is 0.0684. The van der Waals surface area contributed by atoms with E-state index in [0.29, 0.717) is 0 Å². The van der Waals surface area contributed by atoms with E-state index in [1.54, 1.807) is 41.5 Å². The predicted molar refractivity (Wildman–Crippen MR) is 212 cm³/mol. The lowest BCUT2D eigenvalue weighted by molar-refractivity contribution is -0.124. The van der Waals surface area contributed by atoms with Crippen LogP contribution in [0.4, 0.5) is 9.59 Å². The number of hydrogen-bond donors (Lipinski definition) is 6. The number of nitrogens with one attached hydrogen (secondary N) is 6. The van der Waals surface area contributed by atoms with Crippen LogP contribution in [0.2, 0.25) is 0 Å². The van der Waals surface area contributed by atoms with Crippen molar-refractivity contribution in [2.75, 3.05) is 20.3 Å². The zero-order chi connectivity index (χ0) is 41.3. The number of hydrogen-bond acceptors (Lipinski definition) is 10. The number of H-pyrrole nitrogens is 2. The lowest BCUT2D eigenvalue weighted by Gasteiger charge is -2.26. The van der Waals surface area contributed by atoms with Crippen molar-refractivity contribution in [2.24, 2.45) is 0 Å². The van der Waals surface area contributed by atoms with E-state index < -0.39 is 67.2 Å². The number of aromatic amines is 2. The summed E-state index contributed by atoms with van der Waals surface area (Å²) in [6, 6.07) is 11.8. The second kappa shape index (κ2) is 18.8. The van der Waals surface area contributed by atoms with E-state index in [0.717, 1.165) is 32.9 Å². The molecule has 56 heavy (non-hydrogen) atoms. The lowest BCUT2D eigenvalue weighted by Crippen LogP contribution is -2.51. The first-order valence-corrected chi connectivity index (χ1v) is 19.8. The highest BCUT2D eigenvalue weighted by Gasteiger charge is 2.32. The number of benzene rings is 2.